The first-order chi connectivity index (χ1) is 8.30. The van der Waals surface area contributed by atoms with E-state index < -0.39 is 17.6 Å². The molecule has 0 bridgehead atoms. The van der Waals surface area contributed by atoms with Gasteiger partial charge in [-0.1, -0.05) is 23.6 Å². The van der Waals surface area contributed by atoms with Crippen LogP contribution in [-0.2, 0) is 11.0 Å². The molecular formula is C12H8F4OS. The molecule has 0 atom stereocenters. The Morgan fingerprint density at radius 2 is 2.06 bits per heavy atom. The zero-order valence-electron chi connectivity index (χ0n) is 9.27. The van der Waals surface area contributed by atoms with Gasteiger partial charge in [-0.15, -0.1) is 0 Å². The van der Waals surface area contributed by atoms with Gasteiger partial charge in [0, 0.05) is 6.92 Å². The number of benzene rings is 1. The van der Waals surface area contributed by atoms with Crippen LogP contribution in [0.25, 0.3) is 0 Å². The number of thioether (sulfide) groups is 1. The zero-order chi connectivity index (χ0) is 13.8. The van der Waals surface area contributed by atoms with Crippen molar-refractivity contribution >= 4 is 16.9 Å². The van der Waals surface area contributed by atoms with Gasteiger partial charge in [-0.05, 0) is 18.2 Å². The summed E-state index contributed by atoms with van der Waals surface area (Å²) in [6, 6.07) is 2.15. The number of carbonyl (C=O) groups excluding carboxylic acids is 1. The smallest absolute Gasteiger partial charge is 0.288 e. The summed E-state index contributed by atoms with van der Waals surface area (Å²) in [5.41, 5.74) is -1.17. The Balaban J connectivity index is 2.83. The highest BCUT2D eigenvalue weighted by molar-refractivity contribution is 8.13. The van der Waals surface area contributed by atoms with Crippen molar-refractivity contribution in [1.82, 2.24) is 0 Å². The molecule has 0 unspecified atom stereocenters. The molecule has 1 aromatic carbocycles. The minimum Gasteiger partial charge on any atom is -0.288 e. The Bertz CT molecular complexity index is 511. The van der Waals surface area contributed by atoms with E-state index in [4.69, 9.17) is 0 Å². The van der Waals surface area contributed by atoms with Crippen molar-refractivity contribution in [3.05, 3.63) is 35.1 Å². The first-order valence-electron chi connectivity index (χ1n) is 4.79. The third-order valence-electron chi connectivity index (χ3n) is 1.87. The average molecular weight is 276 g/mol. The fourth-order valence-electron chi connectivity index (χ4n) is 1.06. The molecular weight excluding hydrogens is 268 g/mol. The molecule has 0 radical (unpaired) electrons. The van der Waals surface area contributed by atoms with Gasteiger partial charge in [0.2, 0.25) is 0 Å². The van der Waals surface area contributed by atoms with E-state index in [2.05, 4.69) is 11.8 Å². The summed E-state index contributed by atoms with van der Waals surface area (Å²) < 4.78 is 50.0. The Kier molecular flexibility index (Phi) is 4.79. The van der Waals surface area contributed by atoms with E-state index in [1.807, 2.05) is 0 Å². The van der Waals surface area contributed by atoms with Crippen LogP contribution in [0.4, 0.5) is 17.6 Å². The highest BCUT2D eigenvalue weighted by atomic mass is 32.2. The van der Waals surface area contributed by atoms with Gasteiger partial charge in [0.05, 0.1) is 16.9 Å². The molecule has 18 heavy (non-hydrogen) atoms. The maximum absolute atomic E-state index is 13.3. The van der Waals surface area contributed by atoms with E-state index in [1.165, 1.54) is 6.92 Å². The molecule has 0 saturated carbocycles. The standard InChI is InChI=1S/C12H8F4OS/c1-8(17)18-6-2-3-9-4-5-10(7-11(9)13)12(14,15)16/h4-5,7H,6H2,1H3. The fraction of sp³-hybridized carbons (Fsp3) is 0.250. The van der Waals surface area contributed by atoms with Gasteiger partial charge in [0.25, 0.3) is 0 Å². The molecule has 0 N–H and O–H groups in total. The predicted molar refractivity (Wildman–Crippen MR) is 61.4 cm³/mol. The van der Waals surface area contributed by atoms with Gasteiger partial charge in [0.1, 0.15) is 5.82 Å². The van der Waals surface area contributed by atoms with Crippen LogP contribution in [0.15, 0.2) is 18.2 Å². The predicted octanol–water partition coefficient (Wildman–Crippen LogP) is 3.48. The Morgan fingerprint density at radius 1 is 1.39 bits per heavy atom. The summed E-state index contributed by atoms with van der Waals surface area (Å²) in [7, 11) is 0. The lowest BCUT2D eigenvalue weighted by Crippen LogP contribution is -2.05. The van der Waals surface area contributed by atoms with Crippen molar-refractivity contribution in [2.45, 2.75) is 13.1 Å². The molecule has 6 heteroatoms. The maximum atomic E-state index is 13.3. The molecule has 0 aliphatic rings. The molecule has 1 aromatic rings. The lowest BCUT2D eigenvalue weighted by atomic mass is 10.1. The average Bonchev–Trinajstić information content (AvgIpc) is 2.24. The first kappa shape index (κ1) is 14.6. The van der Waals surface area contributed by atoms with E-state index >= 15 is 0 Å². The molecule has 1 nitrogen and oxygen atoms in total. The molecule has 0 aromatic heterocycles. The Hall–Kier alpha value is -1.48. The van der Waals surface area contributed by atoms with Crippen LogP contribution >= 0.6 is 11.8 Å². The second-order valence-electron chi connectivity index (χ2n) is 3.27. The van der Waals surface area contributed by atoms with E-state index in [0.29, 0.717) is 6.07 Å². The summed E-state index contributed by atoms with van der Waals surface area (Å²) >= 11 is 0.949. The molecule has 0 fully saturated rings. The second kappa shape index (κ2) is 5.91. The minimum atomic E-state index is -4.57. The van der Waals surface area contributed by atoms with E-state index in [9.17, 15) is 22.4 Å². The number of hydrogen-bond donors (Lipinski definition) is 0. The number of carbonyl (C=O) groups is 1. The summed E-state index contributed by atoms with van der Waals surface area (Å²) in [5.74, 6) is 4.04. The molecule has 0 spiro atoms. The van der Waals surface area contributed by atoms with Gasteiger partial charge >= 0.3 is 6.18 Å². The van der Waals surface area contributed by atoms with Gasteiger partial charge < -0.3 is 0 Å². The van der Waals surface area contributed by atoms with Crippen LogP contribution in [0.1, 0.15) is 18.1 Å². The quantitative estimate of drug-likeness (QED) is 0.577. The van der Waals surface area contributed by atoms with Gasteiger partial charge in [-0.3, -0.25) is 4.79 Å². The SMILES string of the molecule is CC(=O)SCC#Cc1ccc(C(F)(F)F)cc1F. The summed E-state index contributed by atoms with van der Waals surface area (Å²) in [6.45, 7) is 1.37. The van der Waals surface area contributed by atoms with Crippen LogP contribution in [0.3, 0.4) is 0 Å². The highest BCUT2D eigenvalue weighted by Crippen LogP contribution is 2.29. The van der Waals surface area contributed by atoms with Crippen LogP contribution < -0.4 is 0 Å². The largest absolute Gasteiger partial charge is 0.416 e. The lowest BCUT2D eigenvalue weighted by Gasteiger charge is -2.06. The van der Waals surface area contributed by atoms with Gasteiger partial charge in [-0.2, -0.15) is 13.2 Å². The minimum absolute atomic E-state index is 0.118. The van der Waals surface area contributed by atoms with Crippen LogP contribution in [0, 0.1) is 17.7 Å². The van der Waals surface area contributed by atoms with Crippen molar-refractivity contribution in [3.8, 4) is 11.8 Å². The number of halogens is 4. The topological polar surface area (TPSA) is 17.1 Å². The van der Waals surface area contributed by atoms with Crippen molar-refractivity contribution in [1.29, 1.82) is 0 Å². The summed E-state index contributed by atoms with van der Waals surface area (Å²) in [6.07, 6.45) is -4.57. The third kappa shape index (κ3) is 4.41. The van der Waals surface area contributed by atoms with Crippen molar-refractivity contribution in [2.24, 2.45) is 0 Å². The number of hydrogen-bond acceptors (Lipinski definition) is 2. The number of alkyl halides is 3. The molecule has 0 saturated heterocycles. The lowest BCUT2D eigenvalue weighted by molar-refractivity contribution is -0.137. The van der Waals surface area contributed by atoms with Crippen molar-refractivity contribution < 1.29 is 22.4 Å². The molecule has 0 amide bonds. The van der Waals surface area contributed by atoms with Gasteiger partial charge in [-0.25, -0.2) is 4.39 Å². The van der Waals surface area contributed by atoms with Gasteiger partial charge in [0.15, 0.2) is 5.12 Å². The normalized spacial score (nSPS) is 10.7. The van der Waals surface area contributed by atoms with E-state index in [0.717, 1.165) is 23.9 Å². The third-order valence-corrected chi connectivity index (χ3v) is 2.56. The van der Waals surface area contributed by atoms with E-state index in [-0.39, 0.29) is 16.4 Å². The Morgan fingerprint density at radius 3 is 2.56 bits per heavy atom. The maximum Gasteiger partial charge on any atom is 0.416 e. The van der Waals surface area contributed by atoms with Crippen LogP contribution in [0.2, 0.25) is 0 Å². The molecule has 0 aliphatic heterocycles. The molecule has 1 rings (SSSR count). The molecule has 96 valence electrons. The first-order valence-corrected chi connectivity index (χ1v) is 5.78. The highest BCUT2D eigenvalue weighted by Gasteiger charge is 2.30. The van der Waals surface area contributed by atoms with Crippen LogP contribution in [0.5, 0.6) is 0 Å². The van der Waals surface area contributed by atoms with Crippen molar-refractivity contribution in [2.75, 3.05) is 5.75 Å². The molecule has 0 heterocycles. The fourth-order valence-corrected chi connectivity index (χ4v) is 1.41. The Labute approximate surface area is 106 Å². The molecule has 0 aliphatic carbocycles. The van der Waals surface area contributed by atoms with Crippen LogP contribution in [-0.4, -0.2) is 10.9 Å². The second-order valence-corrected chi connectivity index (χ2v) is 4.43. The monoisotopic (exact) mass is 276 g/mol. The summed E-state index contributed by atoms with van der Waals surface area (Å²) in [4.78, 5) is 10.6. The zero-order valence-corrected chi connectivity index (χ0v) is 10.1. The number of rotatable bonds is 1. The summed E-state index contributed by atoms with van der Waals surface area (Å²) in [5, 5.41) is -0.128. The van der Waals surface area contributed by atoms with Crippen molar-refractivity contribution in [3.63, 3.8) is 0 Å². The van der Waals surface area contributed by atoms with E-state index in [1.54, 1.807) is 0 Å².